The van der Waals surface area contributed by atoms with Crippen LogP contribution in [0.4, 0.5) is 0 Å². The molecule has 0 aromatic heterocycles. The van der Waals surface area contributed by atoms with Gasteiger partial charge in [0.15, 0.2) is 35.4 Å². The molecule has 0 N–H and O–H groups in total. The second kappa shape index (κ2) is 8.65. The van der Waals surface area contributed by atoms with E-state index in [1.54, 1.807) is 30.3 Å². The first-order valence-corrected chi connectivity index (χ1v) is 8.92. The minimum Gasteiger partial charge on any atom is -0.493 e. The van der Waals surface area contributed by atoms with Gasteiger partial charge in [0.1, 0.15) is 13.2 Å². The summed E-state index contributed by atoms with van der Waals surface area (Å²) < 4.78 is 26.9. The summed E-state index contributed by atoms with van der Waals surface area (Å²) in [5, 5.41) is 0. The highest BCUT2D eigenvalue weighted by atomic mass is 16.6. The molecular weight excluding hydrogens is 364 g/mol. The highest BCUT2D eigenvalue weighted by Crippen LogP contribution is 2.31. The highest BCUT2D eigenvalue weighted by Gasteiger charge is 2.18. The summed E-state index contributed by atoms with van der Waals surface area (Å²) in [7, 11) is 1.49. The van der Waals surface area contributed by atoms with Gasteiger partial charge in [0.05, 0.1) is 18.8 Å². The van der Waals surface area contributed by atoms with Crippen molar-refractivity contribution < 1.29 is 33.3 Å². The molecule has 0 aliphatic carbocycles. The molecule has 2 aromatic carbocycles. The molecule has 0 saturated carbocycles. The summed E-state index contributed by atoms with van der Waals surface area (Å²) in [6.07, 6.45) is -0.0321. The molecule has 0 amide bonds. The summed E-state index contributed by atoms with van der Waals surface area (Å²) >= 11 is 0. The number of fused-ring (bicyclic) bond motifs is 1. The van der Waals surface area contributed by atoms with E-state index in [4.69, 9.17) is 23.7 Å². The predicted octanol–water partition coefficient (Wildman–Crippen LogP) is 3.29. The third kappa shape index (κ3) is 4.54. The maximum atomic E-state index is 12.3. The topological polar surface area (TPSA) is 80.3 Å². The fourth-order valence-electron chi connectivity index (χ4n) is 2.66. The van der Waals surface area contributed by atoms with Crippen LogP contribution in [0.3, 0.4) is 0 Å². The lowest BCUT2D eigenvalue weighted by Gasteiger charge is -2.18. The molecule has 0 atom stereocenters. The third-order valence-electron chi connectivity index (χ3n) is 3.96. The second-order valence-corrected chi connectivity index (χ2v) is 6.39. The number of hydrogen-bond donors (Lipinski definition) is 0. The van der Waals surface area contributed by atoms with Gasteiger partial charge < -0.3 is 23.7 Å². The Kier molecular flexibility index (Phi) is 6.03. The highest BCUT2D eigenvalue weighted by molar-refractivity contribution is 6.00. The zero-order valence-corrected chi connectivity index (χ0v) is 16.0. The lowest BCUT2D eigenvalue weighted by molar-refractivity contribution is 0.0474. The fraction of sp³-hybridized carbons (Fsp3) is 0.333. The van der Waals surface area contributed by atoms with Crippen LogP contribution in [0.1, 0.15) is 34.6 Å². The Hall–Kier alpha value is -3.22. The van der Waals surface area contributed by atoms with E-state index in [1.807, 2.05) is 13.8 Å². The van der Waals surface area contributed by atoms with Gasteiger partial charge in [-0.1, -0.05) is 0 Å². The second-order valence-electron chi connectivity index (χ2n) is 6.39. The molecule has 1 aliphatic rings. The minimum atomic E-state index is -0.625. The van der Waals surface area contributed by atoms with Gasteiger partial charge in [0, 0.05) is 5.56 Å². The molecule has 148 valence electrons. The molecule has 1 heterocycles. The maximum absolute atomic E-state index is 12.3. The summed E-state index contributed by atoms with van der Waals surface area (Å²) in [4.78, 5) is 24.6. The molecule has 0 unspecified atom stereocenters. The van der Waals surface area contributed by atoms with Crippen molar-refractivity contribution in [2.75, 3.05) is 26.9 Å². The van der Waals surface area contributed by atoms with E-state index in [2.05, 4.69) is 0 Å². The number of carbonyl (C=O) groups is 2. The lowest BCUT2D eigenvalue weighted by Crippen LogP contribution is -2.17. The van der Waals surface area contributed by atoms with Crippen molar-refractivity contribution >= 4 is 11.8 Å². The largest absolute Gasteiger partial charge is 0.493 e. The molecule has 0 bridgehead atoms. The predicted molar refractivity (Wildman–Crippen MR) is 101 cm³/mol. The zero-order valence-electron chi connectivity index (χ0n) is 16.0. The van der Waals surface area contributed by atoms with Crippen molar-refractivity contribution in [1.82, 2.24) is 0 Å². The fourth-order valence-corrected chi connectivity index (χ4v) is 2.66. The number of Topliss-reactive ketones (excluding diaryl/α,β-unsaturated/α-hetero) is 1. The Balaban J connectivity index is 1.64. The van der Waals surface area contributed by atoms with Crippen LogP contribution in [-0.4, -0.2) is 44.8 Å². The van der Waals surface area contributed by atoms with E-state index in [1.165, 1.54) is 13.2 Å². The Morgan fingerprint density at radius 1 is 0.964 bits per heavy atom. The first-order valence-electron chi connectivity index (χ1n) is 8.92. The van der Waals surface area contributed by atoms with Crippen LogP contribution in [-0.2, 0) is 4.74 Å². The molecule has 28 heavy (non-hydrogen) atoms. The number of benzene rings is 2. The van der Waals surface area contributed by atoms with Gasteiger partial charge in [0.2, 0.25) is 0 Å². The summed E-state index contributed by atoms with van der Waals surface area (Å²) in [6, 6.07) is 9.60. The normalized spacial score (nSPS) is 12.4. The Morgan fingerprint density at radius 2 is 1.68 bits per heavy atom. The van der Waals surface area contributed by atoms with E-state index in [9.17, 15) is 9.59 Å². The van der Waals surface area contributed by atoms with Crippen molar-refractivity contribution in [2.24, 2.45) is 0 Å². The smallest absolute Gasteiger partial charge is 0.338 e. The number of rotatable bonds is 7. The van der Waals surface area contributed by atoms with E-state index in [0.717, 1.165) is 0 Å². The van der Waals surface area contributed by atoms with Crippen molar-refractivity contribution in [3.8, 4) is 23.0 Å². The van der Waals surface area contributed by atoms with Gasteiger partial charge in [0.25, 0.3) is 0 Å². The van der Waals surface area contributed by atoms with Crippen LogP contribution >= 0.6 is 0 Å². The molecule has 0 radical (unpaired) electrons. The maximum Gasteiger partial charge on any atom is 0.338 e. The number of ether oxygens (including phenoxy) is 5. The van der Waals surface area contributed by atoms with Crippen molar-refractivity contribution in [3.05, 3.63) is 47.5 Å². The molecule has 7 nitrogen and oxygen atoms in total. The third-order valence-corrected chi connectivity index (χ3v) is 3.96. The summed E-state index contributed by atoms with van der Waals surface area (Å²) in [5.74, 6) is 1.09. The molecule has 2 aromatic rings. The van der Waals surface area contributed by atoms with Crippen LogP contribution in [0.5, 0.6) is 23.0 Å². The van der Waals surface area contributed by atoms with Gasteiger partial charge in [-0.05, 0) is 50.2 Å². The van der Waals surface area contributed by atoms with Crippen molar-refractivity contribution in [3.63, 3.8) is 0 Å². The van der Waals surface area contributed by atoms with E-state index < -0.39 is 5.97 Å². The molecule has 0 saturated heterocycles. The quantitative estimate of drug-likeness (QED) is 0.533. The van der Waals surface area contributed by atoms with Gasteiger partial charge >= 0.3 is 5.97 Å². The van der Waals surface area contributed by atoms with Crippen molar-refractivity contribution in [1.29, 1.82) is 0 Å². The molecular formula is C21H22O7. The molecule has 0 spiro atoms. The van der Waals surface area contributed by atoms with E-state index >= 15 is 0 Å². The average Bonchev–Trinajstić information content (AvgIpc) is 2.71. The number of methoxy groups -OCH3 is 1. The Bertz CT molecular complexity index is 873. The van der Waals surface area contributed by atoms with Crippen LogP contribution in [0.25, 0.3) is 0 Å². The first kappa shape index (κ1) is 19.5. The SMILES string of the molecule is COc1cc(C(=O)OCC(=O)c2ccc3c(c2)OCCO3)ccc1OC(C)C. The van der Waals surface area contributed by atoms with Gasteiger partial charge in [-0.2, -0.15) is 0 Å². The Morgan fingerprint density at radius 3 is 2.39 bits per heavy atom. The monoisotopic (exact) mass is 386 g/mol. The summed E-state index contributed by atoms with van der Waals surface area (Å²) in [5.41, 5.74) is 0.651. The zero-order chi connectivity index (χ0) is 20.1. The van der Waals surface area contributed by atoms with E-state index in [-0.39, 0.29) is 24.1 Å². The number of hydrogen-bond acceptors (Lipinski definition) is 7. The molecule has 7 heteroatoms. The van der Waals surface area contributed by atoms with Crippen molar-refractivity contribution in [2.45, 2.75) is 20.0 Å². The van der Waals surface area contributed by atoms with Crippen LogP contribution in [0.2, 0.25) is 0 Å². The number of ketones is 1. The molecule has 0 fully saturated rings. The molecule has 1 aliphatic heterocycles. The minimum absolute atomic E-state index is 0.0321. The van der Waals surface area contributed by atoms with Gasteiger partial charge in [-0.25, -0.2) is 4.79 Å². The van der Waals surface area contributed by atoms with Gasteiger partial charge in [-0.3, -0.25) is 4.79 Å². The average molecular weight is 386 g/mol. The van der Waals surface area contributed by atoms with Crippen LogP contribution in [0.15, 0.2) is 36.4 Å². The van der Waals surface area contributed by atoms with Crippen LogP contribution < -0.4 is 18.9 Å². The van der Waals surface area contributed by atoms with Gasteiger partial charge in [-0.15, -0.1) is 0 Å². The lowest BCUT2D eigenvalue weighted by atomic mass is 10.1. The standard InChI is InChI=1S/C21H22O7/c1-13(2)28-18-7-5-15(11-19(18)24-3)21(23)27-12-16(22)14-4-6-17-20(10-14)26-9-8-25-17/h4-7,10-11,13H,8-9,12H2,1-3H3. The van der Waals surface area contributed by atoms with Crippen LogP contribution in [0, 0.1) is 0 Å². The first-order chi connectivity index (χ1) is 13.5. The molecule has 3 rings (SSSR count). The number of esters is 1. The van der Waals surface area contributed by atoms with E-state index in [0.29, 0.717) is 41.8 Å². The number of carbonyl (C=O) groups excluding carboxylic acids is 2. The Labute approximate surface area is 163 Å². The summed E-state index contributed by atoms with van der Waals surface area (Å²) in [6.45, 7) is 4.31.